The van der Waals surface area contributed by atoms with Crippen molar-refractivity contribution in [3.8, 4) is 5.75 Å². The molecule has 2 rings (SSSR count). The Morgan fingerprint density at radius 2 is 2.07 bits per heavy atom. The first-order valence-corrected chi connectivity index (χ1v) is 4.83. The van der Waals surface area contributed by atoms with Crippen LogP contribution >= 0.6 is 0 Å². The summed E-state index contributed by atoms with van der Waals surface area (Å²) in [6.45, 7) is 4.48. The molecule has 0 unspecified atom stereocenters. The second-order valence-electron chi connectivity index (χ2n) is 2.78. The largest absolute Gasteiger partial charge is 0.492 e. The number of carbonyl (C=O) groups is 1. The van der Waals surface area contributed by atoms with Gasteiger partial charge < -0.3 is 10.5 Å². The molecule has 0 aliphatic carbocycles. The van der Waals surface area contributed by atoms with Crippen LogP contribution in [0.4, 0.5) is 5.69 Å². The Bertz CT molecular complexity index is 334. The molecular weight excluding hydrogens is 178 g/mol. The van der Waals surface area contributed by atoms with Gasteiger partial charge >= 0.3 is 0 Å². The lowest BCUT2D eigenvalue weighted by Crippen LogP contribution is -2.15. The average molecular weight is 193 g/mol. The monoisotopic (exact) mass is 193 g/mol. The van der Waals surface area contributed by atoms with Crippen LogP contribution in [0.15, 0.2) is 18.2 Å². The molecule has 14 heavy (non-hydrogen) atoms. The fraction of sp³-hybridized carbons (Fsp3) is 0.364. The van der Waals surface area contributed by atoms with Gasteiger partial charge in [-0.1, -0.05) is 13.8 Å². The molecule has 0 saturated carbocycles. The Morgan fingerprint density at radius 3 is 2.79 bits per heavy atom. The third-order valence-corrected chi connectivity index (χ3v) is 1.89. The van der Waals surface area contributed by atoms with E-state index in [1.165, 1.54) is 0 Å². The van der Waals surface area contributed by atoms with E-state index >= 15 is 0 Å². The first-order valence-electron chi connectivity index (χ1n) is 4.83. The Balaban J connectivity index is 0.000000461. The maximum Gasteiger partial charge on any atom is 0.170 e. The molecule has 0 radical (unpaired) electrons. The van der Waals surface area contributed by atoms with Gasteiger partial charge in [0.2, 0.25) is 0 Å². The highest BCUT2D eigenvalue weighted by Gasteiger charge is 2.17. The van der Waals surface area contributed by atoms with Gasteiger partial charge in [-0.25, -0.2) is 0 Å². The standard InChI is InChI=1S/C9H9NO2.C2H6/c10-6-1-2-9-7(5-6)8(11)3-4-12-9;1-2/h1-2,5H,3-4,10H2;1-2H3. The number of Topliss-reactive ketones (excluding diaryl/α,β-unsaturated/α-hetero) is 1. The second-order valence-corrected chi connectivity index (χ2v) is 2.78. The quantitative estimate of drug-likeness (QED) is 0.643. The Labute approximate surface area is 83.9 Å². The number of hydrogen-bond acceptors (Lipinski definition) is 3. The highest BCUT2D eigenvalue weighted by molar-refractivity contribution is 6.00. The Kier molecular flexibility index (Phi) is 3.51. The normalized spacial score (nSPS) is 13.4. The Hall–Kier alpha value is -1.51. The van der Waals surface area contributed by atoms with Crippen molar-refractivity contribution in [1.29, 1.82) is 0 Å². The van der Waals surface area contributed by atoms with E-state index < -0.39 is 0 Å². The van der Waals surface area contributed by atoms with E-state index in [0.717, 1.165) is 0 Å². The molecule has 0 saturated heterocycles. The van der Waals surface area contributed by atoms with Crippen molar-refractivity contribution in [2.45, 2.75) is 20.3 Å². The van der Waals surface area contributed by atoms with Crippen LogP contribution in [-0.4, -0.2) is 12.4 Å². The van der Waals surface area contributed by atoms with Gasteiger partial charge in [-0.2, -0.15) is 0 Å². The number of rotatable bonds is 0. The van der Waals surface area contributed by atoms with E-state index in [4.69, 9.17) is 10.5 Å². The number of nitrogens with two attached hydrogens (primary N) is 1. The van der Waals surface area contributed by atoms with E-state index in [2.05, 4.69) is 0 Å². The summed E-state index contributed by atoms with van der Waals surface area (Å²) in [5.41, 5.74) is 6.75. The zero-order chi connectivity index (χ0) is 10.6. The lowest BCUT2D eigenvalue weighted by atomic mass is 10.0. The van der Waals surface area contributed by atoms with Gasteiger partial charge in [-0.05, 0) is 18.2 Å². The zero-order valence-electron chi connectivity index (χ0n) is 8.54. The Morgan fingerprint density at radius 1 is 1.36 bits per heavy atom. The maximum absolute atomic E-state index is 11.3. The minimum atomic E-state index is 0.114. The van der Waals surface area contributed by atoms with Crippen molar-refractivity contribution >= 4 is 11.5 Å². The van der Waals surface area contributed by atoms with Crippen LogP contribution in [0.5, 0.6) is 5.75 Å². The first-order chi connectivity index (χ1) is 6.77. The molecule has 76 valence electrons. The number of carbonyl (C=O) groups excluding carboxylic acids is 1. The van der Waals surface area contributed by atoms with Crippen molar-refractivity contribution < 1.29 is 9.53 Å². The molecule has 0 atom stereocenters. The topological polar surface area (TPSA) is 52.3 Å². The molecule has 1 aliphatic heterocycles. The maximum atomic E-state index is 11.3. The lowest BCUT2D eigenvalue weighted by Gasteiger charge is -2.15. The van der Waals surface area contributed by atoms with Gasteiger partial charge in [0.05, 0.1) is 12.2 Å². The number of fused-ring (bicyclic) bond motifs is 1. The average Bonchev–Trinajstić information content (AvgIpc) is 2.22. The van der Waals surface area contributed by atoms with E-state index in [9.17, 15) is 4.79 Å². The predicted molar refractivity (Wildman–Crippen MR) is 56.6 cm³/mol. The highest BCUT2D eigenvalue weighted by atomic mass is 16.5. The van der Waals surface area contributed by atoms with Gasteiger partial charge in [0, 0.05) is 12.1 Å². The van der Waals surface area contributed by atoms with Gasteiger partial charge in [0.1, 0.15) is 5.75 Å². The molecule has 0 amide bonds. The molecule has 0 spiro atoms. The zero-order valence-corrected chi connectivity index (χ0v) is 8.54. The predicted octanol–water partition coefficient (Wildman–Crippen LogP) is 2.26. The van der Waals surface area contributed by atoms with E-state index in [-0.39, 0.29) is 5.78 Å². The number of benzene rings is 1. The molecular formula is C11H15NO2. The van der Waals surface area contributed by atoms with Gasteiger partial charge in [0.25, 0.3) is 0 Å². The van der Waals surface area contributed by atoms with Gasteiger partial charge in [0.15, 0.2) is 5.78 Å². The van der Waals surface area contributed by atoms with Gasteiger partial charge in [-0.15, -0.1) is 0 Å². The number of nitrogen functional groups attached to an aromatic ring is 1. The van der Waals surface area contributed by atoms with E-state index in [1.807, 2.05) is 13.8 Å². The smallest absolute Gasteiger partial charge is 0.170 e. The molecule has 0 aromatic heterocycles. The summed E-state index contributed by atoms with van der Waals surface area (Å²) < 4.78 is 5.27. The second kappa shape index (κ2) is 4.65. The third-order valence-electron chi connectivity index (χ3n) is 1.89. The van der Waals surface area contributed by atoms with Crippen LogP contribution in [0.25, 0.3) is 0 Å². The summed E-state index contributed by atoms with van der Waals surface area (Å²) in [6, 6.07) is 5.13. The number of ether oxygens (including phenoxy) is 1. The van der Waals surface area contributed by atoms with Crippen LogP contribution in [0.3, 0.4) is 0 Å². The summed E-state index contributed by atoms with van der Waals surface area (Å²) >= 11 is 0. The molecule has 3 nitrogen and oxygen atoms in total. The van der Waals surface area contributed by atoms with Crippen molar-refractivity contribution in [2.24, 2.45) is 0 Å². The van der Waals surface area contributed by atoms with Gasteiger partial charge in [-0.3, -0.25) is 4.79 Å². The fourth-order valence-corrected chi connectivity index (χ4v) is 1.28. The summed E-state index contributed by atoms with van der Waals surface area (Å²) in [5, 5.41) is 0. The minimum absolute atomic E-state index is 0.114. The molecule has 0 bridgehead atoms. The SMILES string of the molecule is CC.Nc1ccc2c(c1)C(=O)CCO2. The van der Waals surface area contributed by atoms with Crippen LogP contribution in [0.2, 0.25) is 0 Å². The van der Waals surface area contributed by atoms with E-state index in [0.29, 0.717) is 30.0 Å². The lowest BCUT2D eigenvalue weighted by molar-refractivity contribution is 0.0933. The van der Waals surface area contributed by atoms with Crippen molar-refractivity contribution in [1.82, 2.24) is 0 Å². The summed E-state index contributed by atoms with van der Waals surface area (Å²) in [4.78, 5) is 11.3. The summed E-state index contributed by atoms with van der Waals surface area (Å²) in [5.74, 6) is 0.768. The van der Waals surface area contributed by atoms with Crippen LogP contribution < -0.4 is 10.5 Å². The minimum Gasteiger partial charge on any atom is -0.492 e. The number of ketones is 1. The van der Waals surface area contributed by atoms with Crippen molar-refractivity contribution in [2.75, 3.05) is 12.3 Å². The van der Waals surface area contributed by atoms with E-state index in [1.54, 1.807) is 18.2 Å². The molecule has 1 aromatic carbocycles. The summed E-state index contributed by atoms with van der Waals surface area (Å²) in [6.07, 6.45) is 0.455. The van der Waals surface area contributed by atoms with Crippen molar-refractivity contribution in [3.05, 3.63) is 23.8 Å². The van der Waals surface area contributed by atoms with Crippen LogP contribution in [0.1, 0.15) is 30.6 Å². The molecule has 1 heterocycles. The van der Waals surface area contributed by atoms with Crippen molar-refractivity contribution in [3.63, 3.8) is 0 Å². The molecule has 1 aliphatic rings. The number of hydrogen-bond donors (Lipinski definition) is 1. The molecule has 0 fully saturated rings. The first kappa shape index (κ1) is 10.6. The van der Waals surface area contributed by atoms with Crippen LogP contribution in [-0.2, 0) is 0 Å². The highest BCUT2D eigenvalue weighted by Crippen LogP contribution is 2.26. The molecule has 1 aromatic rings. The molecule has 3 heteroatoms. The third kappa shape index (κ3) is 2.05. The fourth-order valence-electron chi connectivity index (χ4n) is 1.28. The number of anilines is 1. The summed E-state index contributed by atoms with van der Waals surface area (Å²) in [7, 11) is 0. The molecule has 2 N–H and O–H groups in total. The van der Waals surface area contributed by atoms with Crippen LogP contribution in [0, 0.1) is 0 Å².